The van der Waals surface area contributed by atoms with Crippen molar-refractivity contribution in [3.05, 3.63) is 77.5 Å². The van der Waals surface area contributed by atoms with Gasteiger partial charge in [-0.2, -0.15) is 0 Å². The molecule has 1 amide bonds. The summed E-state index contributed by atoms with van der Waals surface area (Å²) in [4.78, 5) is 22.0. The van der Waals surface area contributed by atoms with Crippen molar-refractivity contribution < 1.29 is 26.8 Å². The summed E-state index contributed by atoms with van der Waals surface area (Å²) in [5.41, 5.74) is 2.92. The quantitative estimate of drug-likeness (QED) is 0.657. The Labute approximate surface area is 167 Å². The van der Waals surface area contributed by atoms with Gasteiger partial charge in [-0.15, -0.1) is 0 Å². The average molecular weight is 418 g/mol. The Morgan fingerprint density at radius 1 is 1.17 bits per heavy atom. The maximum absolute atomic E-state index is 15.0. The van der Waals surface area contributed by atoms with Crippen LogP contribution in [0.15, 0.2) is 58.6 Å². The van der Waals surface area contributed by atoms with Crippen molar-refractivity contribution in [2.24, 2.45) is 10.7 Å². The number of alkyl halides is 2. The fraction of sp³-hybridized carbons (Fsp3) is 0.150. The first-order chi connectivity index (χ1) is 14.3. The summed E-state index contributed by atoms with van der Waals surface area (Å²) >= 11 is 0. The van der Waals surface area contributed by atoms with Crippen molar-refractivity contribution in [2.45, 2.75) is 12.0 Å². The van der Waals surface area contributed by atoms with Gasteiger partial charge in [-0.05, 0) is 18.2 Å². The zero-order chi connectivity index (χ0) is 21.6. The zero-order valence-electron chi connectivity index (χ0n) is 15.4. The van der Waals surface area contributed by atoms with Gasteiger partial charge < -0.3 is 10.2 Å². The number of carbonyl (C=O) groups is 1. The molecule has 0 saturated heterocycles. The Hall–Kier alpha value is -3.69. The largest absolute Gasteiger partial charge is 0.472 e. The highest BCUT2D eigenvalue weighted by Crippen LogP contribution is 2.43. The van der Waals surface area contributed by atoms with E-state index in [1.165, 1.54) is 25.6 Å². The zero-order valence-corrected chi connectivity index (χ0v) is 15.4. The Kier molecular flexibility index (Phi) is 4.56. The summed E-state index contributed by atoms with van der Waals surface area (Å²) in [5.74, 6) is -3.04. The molecular formula is C20H14F4N4O2. The fourth-order valence-corrected chi connectivity index (χ4v) is 3.40. The molecule has 3 aromatic rings. The van der Waals surface area contributed by atoms with Gasteiger partial charge in [0.1, 0.15) is 11.6 Å². The second kappa shape index (κ2) is 6.97. The maximum Gasteiger partial charge on any atom is 0.266 e. The van der Waals surface area contributed by atoms with E-state index in [0.717, 1.165) is 29.4 Å². The van der Waals surface area contributed by atoms with Gasteiger partial charge in [0.15, 0.2) is 11.5 Å². The molecule has 30 heavy (non-hydrogen) atoms. The highest BCUT2D eigenvalue weighted by atomic mass is 19.3. The Balaban J connectivity index is 2.03. The third-order valence-electron chi connectivity index (χ3n) is 4.95. The number of aliphatic imine (C=N–C) groups is 1. The molecule has 4 rings (SSSR count). The van der Waals surface area contributed by atoms with Gasteiger partial charge in [-0.1, -0.05) is 0 Å². The number of pyridine rings is 1. The molecule has 1 aliphatic heterocycles. The molecule has 0 fully saturated rings. The second-order valence-electron chi connectivity index (χ2n) is 6.68. The lowest BCUT2D eigenvalue weighted by Crippen LogP contribution is -2.41. The number of nitrogens with two attached hydrogens (primary N) is 1. The first-order valence-electron chi connectivity index (χ1n) is 8.65. The summed E-state index contributed by atoms with van der Waals surface area (Å²) < 4.78 is 61.0. The molecule has 1 atom stereocenters. The van der Waals surface area contributed by atoms with Crippen LogP contribution in [-0.2, 0) is 10.3 Å². The van der Waals surface area contributed by atoms with Crippen LogP contribution in [0.3, 0.4) is 0 Å². The van der Waals surface area contributed by atoms with E-state index in [1.807, 2.05) is 0 Å². The van der Waals surface area contributed by atoms with Crippen LogP contribution < -0.4 is 5.73 Å². The predicted octanol–water partition coefficient (Wildman–Crippen LogP) is 3.59. The number of benzene rings is 1. The number of aromatic nitrogens is 1. The van der Waals surface area contributed by atoms with E-state index in [0.29, 0.717) is 11.6 Å². The van der Waals surface area contributed by atoms with Crippen molar-refractivity contribution in [3.63, 3.8) is 0 Å². The van der Waals surface area contributed by atoms with E-state index in [4.69, 9.17) is 10.2 Å². The monoisotopic (exact) mass is 418 g/mol. The van der Waals surface area contributed by atoms with Gasteiger partial charge in [0.2, 0.25) is 0 Å². The maximum atomic E-state index is 15.0. The lowest BCUT2D eigenvalue weighted by atomic mass is 9.81. The third kappa shape index (κ3) is 2.83. The lowest BCUT2D eigenvalue weighted by Gasteiger charge is -2.27. The first-order valence-corrected chi connectivity index (χ1v) is 8.65. The van der Waals surface area contributed by atoms with E-state index in [1.54, 1.807) is 0 Å². The summed E-state index contributed by atoms with van der Waals surface area (Å²) in [6.07, 6.45) is 1.71. The molecule has 10 heteroatoms. The number of nitrogens with zero attached hydrogens (tertiary/aromatic N) is 3. The molecule has 0 radical (unpaired) electrons. The number of halogens is 4. The predicted molar refractivity (Wildman–Crippen MR) is 98.4 cm³/mol. The van der Waals surface area contributed by atoms with Crippen LogP contribution in [0.1, 0.15) is 23.1 Å². The molecule has 0 aliphatic carbocycles. The van der Waals surface area contributed by atoms with Crippen LogP contribution in [0.2, 0.25) is 0 Å². The molecule has 0 saturated carbocycles. The van der Waals surface area contributed by atoms with Gasteiger partial charge in [0.05, 0.1) is 12.5 Å². The van der Waals surface area contributed by atoms with E-state index in [9.17, 15) is 18.0 Å². The minimum Gasteiger partial charge on any atom is -0.472 e. The molecule has 1 unspecified atom stereocenters. The van der Waals surface area contributed by atoms with E-state index in [-0.39, 0.29) is 22.6 Å². The molecular weight excluding hydrogens is 404 g/mol. The number of hydrogen-bond donors (Lipinski definition) is 1. The van der Waals surface area contributed by atoms with Crippen molar-refractivity contribution in [2.75, 3.05) is 7.05 Å². The molecule has 1 aromatic carbocycles. The minimum absolute atomic E-state index is 0.0615. The van der Waals surface area contributed by atoms with Crippen LogP contribution in [0.25, 0.3) is 11.1 Å². The van der Waals surface area contributed by atoms with Crippen LogP contribution in [0.5, 0.6) is 0 Å². The highest BCUT2D eigenvalue weighted by Gasteiger charge is 2.51. The van der Waals surface area contributed by atoms with Gasteiger partial charge in [-0.25, -0.2) is 22.6 Å². The average Bonchev–Trinajstić information content (AvgIpc) is 3.32. The standard InChI is InChI=1S/C20H14F4N4O2/c1-28-18(29)20(27-19(28)25,12-4-11(17(23)24)7-26-8-12)14-5-13(10-2-3-30-9-10)15(21)6-16(14)22/h2-9,17H,1H3,(H2,25,27). The number of likely N-dealkylation sites (N-methyl/N-ethyl adjacent to an activating group) is 1. The van der Waals surface area contributed by atoms with Gasteiger partial charge in [0, 0.05) is 53.3 Å². The summed E-state index contributed by atoms with van der Waals surface area (Å²) in [6, 6.07) is 4.15. The van der Waals surface area contributed by atoms with Crippen molar-refractivity contribution in [1.82, 2.24) is 9.88 Å². The Morgan fingerprint density at radius 2 is 1.93 bits per heavy atom. The number of furan rings is 1. The van der Waals surface area contributed by atoms with Crippen LogP contribution >= 0.6 is 0 Å². The molecule has 2 aromatic heterocycles. The number of rotatable bonds is 4. The Bertz CT molecular complexity index is 1160. The number of carbonyl (C=O) groups excluding carboxylic acids is 1. The fourth-order valence-electron chi connectivity index (χ4n) is 3.40. The first kappa shape index (κ1) is 19.6. The van der Waals surface area contributed by atoms with Crippen LogP contribution in [0.4, 0.5) is 17.6 Å². The SMILES string of the molecule is CN1C(=O)C(c2cncc(C(F)F)c2)(c2cc(-c3ccoc3)c(F)cc2F)N=C1N. The van der Waals surface area contributed by atoms with Gasteiger partial charge >= 0.3 is 0 Å². The van der Waals surface area contributed by atoms with Crippen molar-refractivity contribution in [3.8, 4) is 11.1 Å². The normalized spacial score (nSPS) is 18.9. The summed E-state index contributed by atoms with van der Waals surface area (Å²) in [5, 5.41) is 0. The molecule has 0 spiro atoms. The number of amides is 1. The molecule has 1 aliphatic rings. The highest BCUT2D eigenvalue weighted by molar-refractivity contribution is 6.09. The molecule has 154 valence electrons. The minimum atomic E-state index is -2.88. The Morgan fingerprint density at radius 3 is 2.53 bits per heavy atom. The number of guanidine groups is 1. The van der Waals surface area contributed by atoms with Crippen LogP contribution in [-0.4, -0.2) is 28.8 Å². The smallest absolute Gasteiger partial charge is 0.266 e. The molecule has 0 bridgehead atoms. The van der Waals surface area contributed by atoms with Crippen molar-refractivity contribution in [1.29, 1.82) is 0 Å². The third-order valence-corrected chi connectivity index (χ3v) is 4.95. The van der Waals surface area contributed by atoms with Crippen molar-refractivity contribution >= 4 is 11.9 Å². The van der Waals surface area contributed by atoms with Gasteiger partial charge in [-0.3, -0.25) is 14.7 Å². The summed E-state index contributed by atoms with van der Waals surface area (Å²) in [6.45, 7) is 0. The molecule has 2 N–H and O–H groups in total. The lowest BCUT2D eigenvalue weighted by molar-refractivity contribution is -0.129. The summed E-state index contributed by atoms with van der Waals surface area (Å²) in [7, 11) is 1.31. The topological polar surface area (TPSA) is 84.7 Å². The molecule has 6 nitrogen and oxygen atoms in total. The van der Waals surface area contributed by atoms with E-state index < -0.39 is 35.1 Å². The second-order valence-corrected chi connectivity index (χ2v) is 6.68. The van der Waals surface area contributed by atoms with E-state index >= 15 is 4.39 Å². The number of hydrogen-bond acceptors (Lipinski definition) is 5. The van der Waals surface area contributed by atoms with E-state index in [2.05, 4.69) is 9.98 Å². The van der Waals surface area contributed by atoms with Gasteiger partial charge in [0.25, 0.3) is 12.3 Å². The molecule has 3 heterocycles. The van der Waals surface area contributed by atoms with Crippen LogP contribution in [0, 0.1) is 11.6 Å².